The lowest BCUT2D eigenvalue weighted by molar-refractivity contribution is -0.126. The third-order valence-corrected chi connectivity index (χ3v) is 3.75. The summed E-state index contributed by atoms with van der Waals surface area (Å²) in [4.78, 5) is 29.9. The maximum Gasteiger partial charge on any atom is 0.317 e. The van der Waals surface area contributed by atoms with Gasteiger partial charge in [-0.05, 0) is 38.3 Å². The Morgan fingerprint density at radius 3 is 2.68 bits per heavy atom. The van der Waals surface area contributed by atoms with Gasteiger partial charge in [-0.3, -0.25) is 9.78 Å². The van der Waals surface area contributed by atoms with E-state index in [0.29, 0.717) is 32.5 Å². The molecule has 1 aliphatic rings. The van der Waals surface area contributed by atoms with Crippen LogP contribution in [0.5, 0.6) is 0 Å². The highest BCUT2D eigenvalue weighted by molar-refractivity contribution is 5.79. The van der Waals surface area contributed by atoms with Gasteiger partial charge in [-0.2, -0.15) is 0 Å². The summed E-state index contributed by atoms with van der Waals surface area (Å²) in [5.41, 5.74) is 0.990. The second kappa shape index (κ2) is 7.77. The lowest BCUT2D eigenvalue weighted by Crippen LogP contribution is -2.48. The van der Waals surface area contributed by atoms with Gasteiger partial charge in [0.25, 0.3) is 0 Å². The van der Waals surface area contributed by atoms with Crippen molar-refractivity contribution in [2.75, 3.05) is 13.1 Å². The van der Waals surface area contributed by atoms with Gasteiger partial charge < -0.3 is 15.5 Å². The number of pyridine rings is 1. The highest BCUT2D eigenvalue weighted by Gasteiger charge is 2.27. The number of rotatable bonds is 4. The molecule has 1 aliphatic heterocycles. The lowest BCUT2D eigenvalue weighted by atomic mass is 9.96. The van der Waals surface area contributed by atoms with Gasteiger partial charge in [-0.1, -0.05) is 6.07 Å². The second-order valence-corrected chi connectivity index (χ2v) is 5.94. The quantitative estimate of drug-likeness (QED) is 0.886. The predicted octanol–water partition coefficient (Wildman–Crippen LogP) is 1.53. The molecule has 6 nitrogen and oxygen atoms in total. The molecule has 6 heteroatoms. The van der Waals surface area contributed by atoms with Gasteiger partial charge in [0.1, 0.15) is 0 Å². The van der Waals surface area contributed by atoms with Crippen LogP contribution in [0.15, 0.2) is 24.5 Å². The molecule has 1 aromatic heterocycles. The van der Waals surface area contributed by atoms with Gasteiger partial charge in [0, 0.05) is 44.0 Å². The predicted molar refractivity (Wildman–Crippen MR) is 84.0 cm³/mol. The van der Waals surface area contributed by atoms with Gasteiger partial charge in [-0.15, -0.1) is 0 Å². The Balaban J connectivity index is 1.74. The number of aromatic nitrogens is 1. The van der Waals surface area contributed by atoms with E-state index < -0.39 is 0 Å². The molecule has 0 unspecified atom stereocenters. The van der Waals surface area contributed by atoms with Crippen LogP contribution in [0.1, 0.15) is 32.3 Å². The molecule has 3 amide bonds. The van der Waals surface area contributed by atoms with Crippen LogP contribution in [0.4, 0.5) is 4.79 Å². The van der Waals surface area contributed by atoms with Crippen molar-refractivity contribution in [2.24, 2.45) is 5.92 Å². The van der Waals surface area contributed by atoms with Crippen LogP contribution >= 0.6 is 0 Å². The van der Waals surface area contributed by atoms with E-state index in [4.69, 9.17) is 0 Å². The molecule has 2 N–H and O–H groups in total. The van der Waals surface area contributed by atoms with E-state index in [2.05, 4.69) is 15.6 Å². The summed E-state index contributed by atoms with van der Waals surface area (Å²) < 4.78 is 0. The minimum Gasteiger partial charge on any atom is -0.352 e. The molecule has 0 spiro atoms. The summed E-state index contributed by atoms with van der Waals surface area (Å²) in [5.74, 6) is 0.0487. The Labute approximate surface area is 131 Å². The van der Waals surface area contributed by atoms with E-state index in [-0.39, 0.29) is 23.9 Å². The number of carbonyl (C=O) groups excluding carboxylic acids is 2. The summed E-state index contributed by atoms with van der Waals surface area (Å²) in [6, 6.07) is 3.89. The minimum atomic E-state index is -0.0378. The van der Waals surface area contributed by atoms with Crippen LogP contribution in [0, 0.1) is 5.92 Å². The molecular formula is C16H24N4O2. The van der Waals surface area contributed by atoms with Crippen LogP contribution in [-0.4, -0.2) is 41.0 Å². The van der Waals surface area contributed by atoms with Crippen LogP contribution in [-0.2, 0) is 11.3 Å². The van der Waals surface area contributed by atoms with E-state index >= 15 is 0 Å². The summed E-state index contributed by atoms with van der Waals surface area (Å²) in [5, 5.41) is 5.83. The first-order chi connectivity index (χ1) is 10.6. The SMILES string of the molecule is CC(C)NC(=O)N1CCC(C(=O)NCc2cccnc2)CC1. The Bertz CT molecular complexity index is 496. The van der Waals surface area contributed by atoms with Crippen molar-refractivity contribution in [3.8, 4) is 0 Å². The topological polar surface area (TPSA) is 74.3 Å². The standard InChI is InChI=1S/C16H24N4O2/c1-12(2)19-16(22)20-8-5-14(6-9-20)15(21)18-11-13-4-3-7-17-10-13/h3-4,7,10,12,14H,5-6,8-9,11H2,1-2H3,(H,18,21)(H,19,22). The first kappa shape index (κ1) is 16.3. The van der Waals surface area contributed by atoms with Crippen molar-refractivity contribution in [3.05, 3.63) is 30.1 Å². The number of hydrogen-bond donors (Lipinski definition) is 2. The molecule has 0 aliphatic carbocycles. The zero-order chi connectivity index (χ0) is 15.9. The Kier molecular flexibility index (Phi) is 5.75. The number of nitrogens with one attached hydrogen (secondary N) is 2. The Hall–Kier alpha value is -2.11. The van der Waals surface area contributed by atoms with E-state index in [9.17, 15) is 9.59 Å². The molecule has 0 atom stereocenters. The van der Waals surface area contributed by atoms with Gasteiger partial charge >= 0.3 is 6.03 Å². The first-order valence-electron chi connectivity index (χ1n) is 7.78. The summed E-state index contributed by atoms with van der Waals surface area (Å²) >= 11 is 0. The summed E-state index contributed by atoms with van der Waals surface area (Å²) in [6.07, 6.45) is 4.89. The average molecular weight is 304 g/mol. The number of hydrogen-bond acceptors (Lipinski definition) is 3. The largest absolute Gasteiger partial charge is 0.352 e. The van der Waals surface area contributed by atoms with Crippen molar-refractivity contribution in [1.29, 1.82) is 0 Å². The van der Waals surface area contributed by atoms with E-state index in [0.717, 1.165) is 5.56 Å². The Morgan fingerprint density at radius 2 is 2.09 bits per heavy atom. The van der Waals surface area contributed by atoms with Crippen molar-refractivity contribution < 1.29 is 9.59 Å². The number of likely N-dealkylation sites (tertiary alicyclic amines) is 1. The molecule has 120 valence electrons. The zero-order valence-corrected chi connectivity index (χ0v) is 13.2. The van der Waals surface area contributed by atoms with E-state index in [1.807, 2.05) is 26.0 Å². The smallest absolute Gasteiger partial charge is 0.317 e. The van der Waals surface area contributed by atoms with Crippen molar-refractivity contribution in [1.82, 2.24) is 20.5 Å². The highest BCUT2D eigenvalue weighted by Crippen LogP contribution is 2.17. The number of urea groups is 1. The lowest BCUT2D eigenvalue weighted by Gasteiger charge is -2.31. The zero-order valence-electron chi connectivity index (χ0n) is 13.2. The van der Waals surface area contributed by atoms with Crippen LogP contribution in [0.2, 0.25) is 0 Å². The molecule has 1 aromatic rings. The molecular weight excluding hydrogens is 280 g/mol. The van der Waals surface area contributed by atoms with Gasteiger partial charge in [0.2, 0.25) is 5.91 Å². The fourth-order valence-electron chi connectivity index (χ4n) is 2.52. The van der Waals surface area contributed by atoms with Crippen molar-refractivity contribution >= 4 is 11.9 Å². The number of amides is 3. The maximum atomic E-state index is 12.2. The Morgan fingerprint density at radius 1 is 1.36 bits per heavy atom. The van der Waals surface area contributed by atoms with Crippen molar-refractivity contribution in [2.45, 2.75) is 39.3 Å². The number of nitrogens with zero attached hydrogens (tertiary/aromatic N) is 2. The fraction of sp³-hybridized carbons (Fsp3) is 0.562. The van der Waals surface area contributed by atoms with Gasteiger partial charge in [0.15, 0.2) is 0 Å². The second-order valence-electron chi connectivity index (χ2n) is 5.94. The summed E-state index contributed by atoms with van der Waals surface area (Å²) in [6.45, 7) is 5.64. The average Bonchev–Trinajstić information content (AvgIpc) is 2.53. The number of piperidine rings is 1. The number of carbonyl (C=O) groups is 2. The molecule has 0 saturated carbocycles. The van der Waals surface area contributed by atoms with Gasteiger partial charge in [0.05, 0.1) is 0 Å². The van der Waals surface area contributed by atoms with E-state index in [1.165, 1.54) is 0 Å². The molecule has 22 heavy (non-hydrogen) atoms. The maximum absolute atomic E-state index is 12.2. The minimum absolute atomic E-state index is 0.0141. The third kappa shape index (κ3) is 4.72. The monoisotopic (exact) mass is 304 g/mol. The first-order valence-corrected chi connectivity index (χ1v) is 7.78. The fourth-order valence-corrected chi connectivity index (χ4v) is 2.52. The molecule has 1 saturated heterocycles. The van der Waals surface area contributed by atoms with E-state index in [1.54, 1.807) is 17.3 Å². The van der Waals surface area contributed by atoms with Crippen LogP contribution in [0.3, 0.4) is 0 Å². The molecule has 0 radical (unpaired) electrons. The molecule has 0 aromatic carbocycles. The van der Waals surface area contributed by atoms with Crippen molar-refractivity contribution in [3.63, 3.8) is 0 Å². The molecule has 2 rings (SSSR count). The normalized spacial score (nSPS) is 15.7. The molecule has 1 fully saturated rings. The van der Waals surface area contributed by atoms with Gasteiger partial charge in [-0.25, -0.2) is 4.79 Å². The highest BCUT2D eigenvalue weighted by atomic mass is 16.2. The molecule has 2 heterocycles. The van der Waals surface area contributed by atoms with Crippen LogP contribution < -0.4 is 10.6 Å². The molecule has 0 bridgehead atoms. The third-order valence-electron chi connectivity index (χ3n) is 3.75. The summed E-state index contributed by atoms with van der Waals surface area (Å²) in [7, 11) is 0. The van der Waals surface area contributed by atoms with Crippen LogP contribution in [0.25, 0.3) is 0 Å².